The Morgan fingerprint density at radius 1 is 1.04 bits per heavy atom. The molecule has 1 heterocycles. The van der Waals surface area contributed by atoms with Crippen LogP contribution in [0.25, 0.3) is 0 Å². The van der Waals surface area contributed by atoms with Crippen molar-refractivity contribution in [3.63, 3.8) is 0 Å². The fourth-order valence-corrected chi connectivity index (χ4v) is 4.20. The maximum atomic E-state index is 13.7. The Morgan fingerprint density at radius 2 is 1.92 bits per heavy atom. The van der Waals surface area contributed by atoms with E-state index in [9.17, 15) is 14.0 Å². The smallest absolute Gasteiger partial charge is 0.274 e. The number of carbonyl (C=O) groups is 2. The number of amides is 2. The number of benzene rings is 1. The minimum absolute atomic E-state index is 0.0173. The van der Waals surface area contributed by atoms with Crippen molar-refractivity contribution in [1.82, 2.24) is 4.98 Å². The van der Waals surface area contributed by atoms with Gasteiger partial charge in [0.2, 0.25) is 5.91 Å². The maximum Gasteiger partial charge on any atom is 0.274 e. The zero-order valence-corrected chi connectivity index (χ0v) is 14.2. The predicted molar refractivity (Wildman–Crippen MR) is 96.2 cm³/mol. The number of hydrogen-bond acceptors (Lipinski definition) is 3. The lowest BCUT2D eigenvalue weighted by molar-refractivity contribution is -0.121. The summed E-state index contributed by atoms with van der Waals surface area (Å²) in [5, 5.41) is 5.52. The van der Waals surface area contributed by atoms with Crippen LogP contribution in [0.2, 0.25) is 0 Å². The largest absolute Gasteiger partial charge is 0.324 e. The van der Waals surface area contributed by atoms with Crippen LogP contribution >= 0.6 is 0 Å². The van der Waals surface area contributed by atoms with Gasteiger partial charge in [-0.1, -0.05) is 12.5 Å². The average molecular weight is 353 g/mol. The molecule has 1 aromatic carbocycles. The van der Waals surface area contributed by atoms with E-state index in [0.717, 1.165) is 19.3 Å². The molecule has 0 saturated heterocycles. The highest BCUT2D eigenvalue weighted by molar-refractivity contribution is 6.06. The molecule has 3 atom stereocenters. The normalized spacial score (nSPS) is 23.7. The van der Waals surface area contributed by atoms with Gasteiger partial charge in [0, 0.05) is 12.1 Å². The first-order chi connectivity index (χ1) is 12.6. The molecule has 3 unspecified atom stereocenters. The molecule has 2 fully saturated rings. The first-order valence-electron chi connectivity index (χ1n) is 8.93. The van der Waals surface area contributed by atoms with E-state index in [0.29, 0.717) is 17.5 Å². The van der Waals surface area contributed by atoms with Crippen molar-refractivity contribution in [2.24, 2.45) is 17.8 Å². The third-order valence-corrected chi connectivity index (χ3v) is 5.46. The van der Waals surface area contributed by atoms with Gasteiger partial charge in [0.1, 0.15) is 11.5 Å². The van der Waals surface area contributed by atoms with Crippen LogP contribution in [0.15, 0.2) is 42.6 Å². The lowest BCUT2D eigenvalue weighted by atomic mass is 9.88. The van der Waals surface area contributed by atoms with Gasteiger partial charge in [-0.05, 0) is 61.4 Å². The molecular weight excluding hydrogens is 333 g/mol. The lowest BCUT2D eigenvalue weighted by Crippen LogP contribution is -2.28. The van der Waals surface area contributed by atoms with E-state index in [2.05, 4.69) is 15.6 Å². The van der Waals surface area contributed by atoms with Crippen molar-refractivity contribution < 1.29 is 14.0 Å². The molecule has 26 heavy (non-hydrogen) atoms. The quantitative estimate of drug-likeness (QED) is 0.877. The van der Waals surface area contributed by atoms with Gasteiger partial charge in [0.25, 0.3) is 5.91 Å². The summed E-state index contributed by atoms with van der Waals surface area (Å²) in [6, 6.07) is 8.96. The van der Waals surface area contributed by atoms with E-state index in [1.807, 2.05) is 0 Å². The van der Waals surface area contributed by atoms with Crippen molar-refractivity contribution in [2.75, 3.05) is 10.6 Å². The van der Waals surface area contributed by atoms with E-state index in [1.54, 1.807) is 18.2 Å². The summed E-state index contributed by atoms with van der Waals surface area (Å²) in [5.41, 5.74) is 0.891. The van der Waals surface area contributed by atoms with Crippen molar-refractivity contribution in [3.8, 4) is 0 Å². The number of aromatic nitrogens is 1. The van der Waals surface area contributed by atoms with Crippen LogP contribution in [0.1, 0.15) is 36.2 Å². The third-order valence-electron chi connectivity index (χ3n) is 5.46. The van der Waals surface area contributed by atoms with Gasteiger partial charge in [0.15, 0.2) is 0 Å². The van der Waals surface area contributed by atoms with E-state index < -0.39 is 11.7 Å². The second kappa shape index (κ2) is 6.86. The Kier molecular flexibility index (Phi) is 4.41. The van der Waals surface area contributed by atoms with Crippen LogP contribution in [0, 0.1) is 23.6 Å². The molecule has 0 spiro atoms. The molecule has 4 rings (SSSR count). The predicted octanol–water partition coefficient (Wildman–Crippen LogP) is 3.85. The van der Waals surface area contributed by atoms with Crippen molar-refractivity contribution >= 4 is 23.2 Å². The number of anilines is 2. The molecule has 2 N–H and O–H groups in total. The van der Waals surface area contributed by atoms with Gasteiger partial charge in [-0.15, -0.1) is 0 Å². The number of nitrogens with one attached hydrogen (secondary N) is 2. The number of carbonyl (C=O) groups excluding carboxylic acids is 2. The van der Waals surface area contributed by atoms with Crippen LogP contribution in [0.4, 0.5) is 15.8 Å². The summed E-state index contributed by atoms with van der Waals surface area (Å²) < 4.78 is 13.7. The van der Waals surface area contributed by atoms with Gasteiger partial charge >= 0.3 is 0 Å². The number of nitrogens with zero attached hydrogens (tertiary/aromatic N) is 1. The van der Waals surface area contributed by atoms with Gasteiger partial charge in [-0.25, -0.2) is 4.39 Å². The Bertz CT molecular complexity index is 840. The molecule has 5 nitrogen and oxygen atoms in total. The standard InChI is InChI=1S/C20H20FN3O2/c21-14-6-7-16(23-20(26)17-3-1-2-8-22-17)18(11-14)24-19(25)15-10-12-4-5-13(15)9-12/h1-3,6-8,11-13,15H,4-5,9-10H2,(H,23,26)(H,24,25). The maximum absolute atomic E-state index is 13.7. The molecule has 2 amide bonds. The Labute approximate surface area is 151 Å². The molecule has 2 bridgehead atoms. The van der Waals surface area contributed by atoms with E-state index in [-0.39, 0.29) is 23.2 Å². The van der Waals surface area contributed by atoms with Crippen LogP contribution in [0.3, 0.4) is 0 Å². The average Bonchev–Trinajstić information content (AvgIpc) is 3.28. The Hall–Kier alpha value is -2.76. The third kappa shape index (κ3) is 3.31. The fourth-order valence-electron chi connectivity index (χ4n) is 4.20. The highest BCUT2D eigenvalue weighted by atomic mass is 19.1. The minimum atomic E-state index is -0.468. The first kappa shape index (κ1) is 16.7. The van der Waals surface area contributed by atoms with E-state index in [1.165, 1.54) is 30.8 Å². The molecule has 6 heteroatoms. The van der Waals surface area contributed by atoms with Crippen LogP contribution in [-0.4, -0.2) is 16.8 Å². The van der Waals surface area contributed by atoms with Crippen LogP contribution < -0.4 is 10.6 Å². The van der Waals surface area contributed by atoms with Crippen molar-refractivity contribution in [3.05, 3.63) is 54.1 Å². The fraction of sp³-hybridized carbons (Fsp3) is 0.350. The zero-order chi connectivity index (χ0) is 18.1. The highest BCUT2D eigenvalue weighted by Crippen LogP contribution is 2.48. The SMILES string of the molecule is O=C(Nc1ccc(F)cc1NC(=O)C1CC2CCC1C2)c1ccccn1. The second-order valence-electron chi connectivity index (χ2n) is 7.13. The molecule has 2 aliphatic rings. The molecule has 0 aliphatic heterocycles. The summed E-state index contributed by atoms with van der Waals surface area (Å²) in [4.78, 5) is 29.0. The van der Waals surface area contributed by atoms with Crippen LogP contribution in [0.5, 0.6) is 0 Å². The van der Waals surface area contributed by atoms with Gasteiger partial charge in [0.05, 0.1) is 11.4 Å². The number of pyridine rings is 1. The van der Waals surface area contributed by atoms with Gasteiger partial charge in [-0.2, -0.15) is 0 Å². The summed E-state index contributed by atoms with van der Waals surface area (Å²) in [6.45, 7) is 0. The first-order valence-corrected chi connectivity index (χ1v) is 8.93. The van der Waals surface area contributed by atoms with Gasteiger partial charge < -0.3 is 10.6 Å². The Balaban J connectivity index is 1.51. The highest BCUT2D eigenvalue weighted by Gasteiger charge is 2.43. The lowest BCUT2D eigenvalue weighted by Gasteiger charge is -2.21. The van der Waals surface area contributed by atoms with Gasteiger partial charge in [-0.3, -0.25) is 14.6 Å². The van der Waals surface area contributed by atoms with E-state index in [4.69, 9.17) is 0 Å². The van der Waals surface area contributed by atoms with Crippen molar-refractivity contribution in [2.45, 2.75) is 25.7 Å². The molecule has 2 aliphatic carbocycles. The molecule has 2 aromatic rings. The van der Waals surface area contributed by atoms with Crippen LogP contribution in [-0.2, 0) is 4.79 Å². The molecule has 1 aromatic heterocycles. The molecular formula is C20H20FN3O2. The number of halogens is 1. The summed E-state index contributed by atoms with van der Waals surface area (Å²) in [5.74, 6) is 0.0934. The number of hydrogen-bond donors (Lipinski definition) is 2. The molecule has 134 valence electrons. The second-order valence-corrected chi connectivity index (χ2v) is 7.13. The number of fused-ring (bicyclic) bond motifs is 2. The monoisotopic (exact) mass is 353 g/mol. The topological polar surface area (TPSA) is 71.1 Å². The summed E-state index contributed by atoms with van der Waals surface area (Å²) in [7, 11) is 0. The summed E-state index contributed by atoms with van der Waals surface area (Å²) >= 11 is 0. The Morgan fingerprint density at radius 3 is 2.62 bits per heavy atom. The molecule has 0 radical (unpaired) electrons. The summed E-state index contributed by atoms with van der Waals surface area (Å²) in [6.07, 6.45) is 5.85. The van der Waals surface area contributed by atoms with E-state index >= 15 is 0 Å². The zero-order valence-electron chi connectivity index (χ0n) is 14.2. The molecule has 2 saturated carbocycles. The minimum Gasteiger partial charge on any atom is -0.324 e. The van der Waals surface area contributed by atoms with Crippen molar-refractivity contribution in [1.29, 1.82) is 0 Å². The number of rotatable bonds is 4.